The van der Waals surface area contributed by atoms with Crippen LogP contribution in [-0.2, 0) is 0 Å². The first-order valence-electron chi connectivity index (χ1n) is 6.89. The van der Waals surface area contributed by atoms with Crippen molar-refractivity contribution in [3.63, 3.8) is 0 Å². The number of carbonyl (C=O) groups is 1. The summed E-state index contributed by atoms with van der Waals surface area (Å²) in [6.45, 7) is 2.37. The Labute approximate surface area is 127 Å². The quantitative estimate of drug-likeness (QED) is 0.522. The Bertz CT molecular complexity index is 792. The highest BCUT2D eigenvalue weighted by Crippen LogP contribution is 2.29. The van der Waals surface area contributed by atoms with Crippen LogP contribution in [0.15, 0.2) is 48.0 Å². The number of nitrogens with one attached hydrogen (secondary N) is 1. The number of benzene rings is 2. The molecule has 5 nitrogen and oxygen atoms in total. The Morgan fingerprint density at radius 3 is 2.59 bits per heavy atom. The predicted molar refractivity (Wildman–Crippen MR) is 85.1 cm³/mol. The highest BCUT2D eigenvalue weighted by Gasteiger charge is 2.23. The number of aryl methyl sites for hydroxylation is 1. The first kappa shape index (κ1) is 14.0. The van der Waals surface area contributed by atoms with Crippen LogP contribution in [0, 0.1) is 17.0 Å². The van der Waals surface area contributed by atoms with E-state index in [9.17, 15) is 14.9 Å². The molecule has 1 N–H and O–H groups in total. The maximum atomic E-state index is 12.5. The molecular weight excluding hydrogens is 280 g/mol. The second kappa shape index (κ2) is 5.44. The van der Waals surface area contributed by atoms with Crippen LogP contribution in [0.4, 0.5) is 11.4 Å². The van der Waals surface area contributed by atoms with Gasteiger partial charge in [-0.15, -0.1) is 0 Å². The molecule has 22 heavy (non-hydrogen) atoms. The third-order valence-corrected chi connectivity index (χ3v) is 3.64. The molecule has 2 aromatic rings. The minimum Gasteiger partial charge on any atom is -0.380 e. The van der Waals surface area contributed by atoms with E-state index < -0.39 is 4.92 Å². The zero-order chi connectivity index (χ0) is 15.7. The van der Waals surface area contributed by atoms with Crippen molar-refractivity contribution < 1.29 is 9.72 Å². The minimum atomic E-state index is -0.468. The van der Waals surface area contributed by atoms with E-state index in [4.69, 9.17) is 0 Å². The van der Waals surface area contributed by atoms with Crippen LogP contribution in [0.1, 0.15) is 21.5 Å². The fourth-order valence-electron chi connectivity index (χ4n) is 2.41. The first-order chi connectivity index (χ1) is 10.5. The number of hydrogen-bond acceptors (Lipinski definition) is 4. The van der Waals surface area contributed by atoms with Crippen LogP contribution >= 0.6 is 0 Å². The van der Waals surface area contributed by atoms with Crippen molar-refractivity contribution in [2.24, 2.45) is 0 Å². The monoisotopic (exact) mass is 294 g/mol. The van der Waals surface area contributed by atoms with Crippen LogP contribution in [0.25, 0.3) is 6.08 Å². The molecule has 0 radical (unpaired) electrons. The van der Waals surface area contributed by atoms with Gasteiger partial charge in [-0.2, -0.15) is 0 Å². The molecular formula is C17H14N2O3. The van der Waals surface area contributed by atoms with Crippen LogP contribution in [0.2, 0.25) is 0 Å². The van der Waals surface area contributed by atoms with Gasteiger partial charge in [-0.25, -0.2) is 0 Å². The maximum absolute atomic E-state index is 12.5. The molecule has 110 valence electrons. The summed E-state index contributed by atoms with van der Waals surface area (Å²) in [4.78, 5) is 22.8. The second-order valence-electron chi connectivity index (χ2n) is 5.25. The van der Waals surface area contributed by atoms with E-state index in [1.807, 2.05) is 37.3 Å². The van der Waals surface area contributed by atoms with Gasteiger partial charge in [0.1, 0.15) is 0 Å². The van der Waals surface area contributed by atoms with Gasteiger partial charge in [0.2, 0.25) is 0 Å². The summed E-state index contributed by atoms with van der Waals surface area (Å²) in [7, 11) is 0. The van der Waals surface area contributed by atoms with Gasteiger partial charge in [0.25, 0.3) is 5.69 Å². The van der Waals surface area contributed by atoms with E-state index in [0.29, 0.717) is 23.4 Å². The number of nitro groups is 1. The van der Waals surface area contributed by atoms with Crippen LogP contribution in [-0.4, -0.2) is 17.3 Å². The van der Waals surface area contributed by atoms with Gasteiger partial charge < -0.3 is 5.32 Å². The van der Waals surface area contributed by atoms with Gasteiger partial charge in [-0.3, -0.25) is 14.9 Å². The van der Waals surface area contributed by atoms with Gasteiger partial charge in [0.05, 0.1) is 10.6 Å². The van der Waals surface area contributed by atoms with Crippen molar-refractivity contribution in [1.29, 1.82) is 0 Å². The largest absolute Gasteiger partial charge is 0.380 e. The molecule has 0 bridgehead atoms. The lowest BCUT2D eigenvalue weighted by atomic mass is 9.95. The maximum Gasteiger partial charge on any atom is 0.271 e. The molecule has 0 fully saturated rings. The molecule has 0 saturated heterocycles. The fourth-order valence-corrected chi connectivity index (χ4v) is 2.41. The zero-order valence-electron chi connectivity index (χ0n) is 12.0. The SMILES string of the molecule is Cc1ccc(/C=C2/CNc3cc([N+](=O)[O-])ccc3C2=O)cc1. The number of rotatable bonds is 2. The van der Waals surface area contributed by atoms with E-state index >= 15 is 0 Å². The van der Waals surface area contributed by atoms with Gasteiger partial charge >= 0.3 is 0 Å². The number of fused-ring (bicyclic) bond motifs is 1. The van der Waals surface area contributed by atoms with E-state index in [1.165, 1.54) is 18.2 Å². The van der Waals surface area contributed by atoms with Gasteiger partial charge in [-0.1, -0.05) is 29.8 Å². The summed E-state index contributed by atoms with van der Waals surface area (Å²) in [6, 6.07) is 12.2. The van der Waals surface area contributed by atoms with E-state index in [-0.39, 0.29) is 11.5 Å². The minimum absolute atomic E-state index is 0.0231. The van der Waals surface area contributed by atoms with Gasteiger partial charge in [-0.05, 0) is 24.6 Å². The fraction of sp³-hybridized carbons (Fsp3) is 0.118. The molecule has 1 aliphatic rings. The highest BCUT2D eigenvalue weighted by atomic mass is 16.6. The summed E-state index contributed by atoms with van der Waals surface area (Å²) in [6.07, 6.45) is 1.85. The average molecular weight is 294 g/mol. The topological polar surface area (TPSA) is 72.2 Å². The molecule has 0 amide bonds. The zero-order valence-corrected chi connectivity index (χ0v) is 12.0. The van der Waals surface area contributed by atoms with Crippen LogP contribution in [0.5, 0.6) is 0 Å². The summed E-state index contributed by atoms with van der Waals surface area (Å²) in [5.41, 5.74) is 3.72. The third-order valence-electron chi connectivity index (χ3n) is 3.64. The number of Topliss-reactive ketones (excluding diaryl/α,β-unsaturated/α-hetero) is 1. The van der Waals surface area contributed by atoms with Gasteiger partial charge in [0, 0.05) is 29.8 Å². The Kier molecular flexibility index (Phi) is 3.47. The summed E-state index contributed by atoms with van der Waals surface area (Å²) in [5.74, 6) is -0.0933. The van der Waals surface area contributed by atoms with E-state index in [2.05, 4.69) is 5.32 Å². The molecule has 0 aliphatic carbocycles. The third kappa shape index (κ3) is 2.61. The van der Waals surface area contributed by atoms with Crippen molar-refractivity contribution in [3.05, 3.63) is 74.8 Å². The molecule has 2 aromatic carbocycles. The molecule has 3 rings (SSSR count). The lowest BCUT2D eigenvalue weighted by Gasteiger charge is -2.19. The molecule has 0 atom stereocenters. The van der Waals surface area contributed by atoms with Crippen LogP contribution in [0.3, 0.4) is 0 Å². The summed E-state index contributed by atoms with van der Waals surface area (Å²) >= 11 is 0. The number of non-ortho nitro benzene ring substituents is 1. The lowest BCUT2D eigenvalue weighted by Crippen LogP contribution is -2.21. The smallest absolute Gasteiger partial charge is 0.271 e. The van der Waals surface area contributed by atoms with Crippen LogP contribution < -0.4 is 5.32 Å². The highest BCUT2D eigenvalue weighted by molar-refractivity contribution is 6.16. The van der Waals surface area contributed by atoms with E-state index in [1.54, 1.807) is 0 Å². The molecule has 0 saturated carbocycles. The Morgan fingerprint density at radius 2 is 1.91 bits per heavy atom. The van der Waals surface area contributed by atoms with E-state index in [0.717, 1.165) is 11.1 Å². The van der Waals surface area contributed by atoms with Crippen molar-refractivity contribution in [2.75, 3.05) is 11.9 Å². The second-order valence-corrected chi connectivity index (χ2v) is 5.25. The Morgan fingerprint density at radius 1 is 1.18 bits per heavy atom. The molecule has 1 heterocycles. The molecule has 1 aliphatic heterocycles. The summed E-state index contributed by atoms with van der Waals surface area (Å²) in [5, 5.41) is 13.9. The standard InChI is InChI=1S/C17H14N2O3/c1-11-2-4-12(5-3-11)8-13-10-18-16-9-14(19(21)22)6-7-15(16)17(13)20/h2-9,18H,10H2,1H3/b13-8-. The number of hydrogen-bond donors (Lipinski definition) is 1. The predicted octanol–water partition coefficient (Wildman–Crippen LogP) is 3.60. The number of carbonyl (C=O) groups excluding carboxylic acids is 1. The Balaban J connectivity index is 1.94. The Hall–Kier alpha value is -2.95. The van der Waals surface area contributed by atoms with Crippen molar-refractivity contribution in [1.82, 2.24) is 0 Å². The number of ketones is 1. The van der Waals surface area contributed by atoms with Crippen molar-refractivity contribution in [2.45, 2.75) is 6.92 Å². The molecule has 0 unspecified atom stereocenters. The summed E-state index contributed by atoms with van der Waals surface area (Å²) < 4.78 is 0. The molecule has 5 heteroatoms. The first-order valence-corrected chi connectivity index (χ1v) is 6.89. The lowest BCUT2D eigenvalue weighted by molar-refractivity contribution is -0.384. The number of anilines is 1. The molecule has 0 aromatic heterocycles. The van der Waals surface area contributed by atoms with Crippen molar-refractivity contribution >= 4 is 23.2 Å². The molecule has 0 spiro atoms. The van der Waals surface area contributed by atoms with Gasteiger partial charge in [0.15, 0.2) is 5.78 Å². The average Bonchev–Trinajstić information content (AvgIpc) is 2.52. The van der Waals surface area contributed by atoms with Crippen molar-refractivity contribution in [3.8, 4) is 0 Å². The number of nitrogens with zero attached hydrogens (tertiary/aromatic N) is 1. The normalized spacial score (nSPS) is 15.3. The number of nitro benzene ring substituents is 1.